The van der Waals surface area contributed by atoms with Gasteiger partial charge in [-0.3, -0.25) is 4.21 Å². The van der Waals surface area contributed by atoms with E-state index in [2.05, 4.69) is 13.8 Å². The van der Waals surface area contributed by atoms with Crippen LogP contribution in [0.5, 0.6) is 0 Å². The van der Waals surface area contributed by atoms with Crippen molar-refractivity contribution in [1.82, 2.24) is 0 Å². The molecule has 102 valence electrons. The molecule has 18 heavy (non-hydrogen) atoms. The number of unbranched alkanes of at least 4 members (excludes halogenated alkanes) is 2. The van der Waals surface area contributed by atoms with Crippen molar-refractivity contribution < 1.29 is 8.76 Å². The molecule has 1 rings (SSSR count). The Morgan fingerprint density at radius 1 is 1.11 bits per heavy atom. The molecule has 1 atom stereocenters. The molecule has 0 fully saturated rings. The van der Waals surface area contributed by atoms with Gasteiger partial charge in [0.2, 0.25) is 0 Å². The normalized spacial score (nSPS) is 12.6. The summed E-state index contributed by atoms with van der Waals surface area (Å²) in [6.07, 6.45) is 5.93. The van der Waals surface area contributed by atoms with E-state index in [-0.39, 0.29) is 0 Å². The second-order valence-electron chi connectivity index (χ2n) is 4.60. The SMILES string of the molecule is CCCCc1cc(S(=O)[O-])cc(CCCC)c1N. The van der Waals surface area contributed by atoms with Crippen molar-refractivity contribution in [2.24, 2.45) is 0 Å². The third kappa shape index (κ3) is 4.10. The largest absolute Gasteiger partial charge is 0.768 e. The van der Waals surface area contributed by atoms with Crippen LogP contribution in [-0.4, -0.2) is 8.76 Å². The number of benzene rings is 1. The van der Waals surface area contributed by atoms with Crippen molar-refractivity contribution >= 4 is 16.8 Å². The van der Waals surface area contributed by atoms with Gasteiger partial charge < -0.3 is 10.3 Å². The molecule has 1 unspecified atom stereocenters. The first kappa shape index (κ1) is 15.2. The lowest BCUT2D eigenvalue weighted by Gasteiger charge is -2.15. The van der Waals surface area contributed by atoms with Crippen LogP contribution in [-0.2, 0) is 23.9 Å². The average Bonchev–Trinajstić information content (AvgIpc) is 2.35. The topological polar surface area (TPSA) is 66.1 Å². The highest BCUT2D eigenvalue weighted by molar-refractivity contribution is 7.79. The molecule has 0 heterocycles. The highest BCUT2D eigenvalue weighted by Crippen LogP contribution is 2.25. The van der Waals surface area contributed by atoms with Crippen molar-refractivity contribution in [2.45, 2.75) is 57.3 Å². The van der Waals surface area contributed by atoms with Gasteiger partial charge >= 0.3 is 0 Å². The van der Waals surface area contributed by atoms with E-state index in [1.165, 1.54) is 0 Å². The fourth-order valence-electron chi connectivity index (χ4n) is 1.99. The summed E-state index contributed by atoms with van der Waals surface area (Å²) in [5, 5.41) is 0. The number of anilines is 1. The molecular formula is C14H22NO2S-. The molecule has 0 saturated carbocycles. The molecule has 0 amide bonds. The lowest BCUT2D eigenvalue weighted by molar-refractivity contribution is 0.537. The quantitative estimate of drug-likeness (QED) is 0.610. The third-order valence-corrected chi connectivity index (χ3v) is 3.74. The predicted octanol–water partition coefficient (Wildman–Crippen LogP) is 3.19. The van der Waals surface area contributed by atoms with Crippen LogP contribution in [0.15, 0.2) is 17.0 Å². The molecule has 0 radical (unpaired) electrons. The maximum Gasteiger partial charge on any atom is 0.0379 e. The number of aryl methyl sites for hydroxylation is 2. The molecule has 3 nitrogen and oxygen atoms in total. The van der Waals surface area contributed by atoms with Crippen LogP contribution in [0.25, 0.3) is 0 Å². The van der Waals surface area contributed by atoms with Crippen LogP contribution in [0, 0.1) is 0 Å². The van der Waals surface area contributed by atoms with Crippen molar-refractivity contribution in [1.29, 1.82) is 0 Å². The molecule has 0 saturated heterocycles. The fourth-order valence-corrected chi connectivity index (χ4v) is 2.47. The highest BCUT2D eigenvalue weighted by Gasteiger charge is 2.08. The van der Waals surface area contributed by atoms with E-state index in [1.807, 2.05) is 0 Å². The van der Waals surface area contributed by atoms with Crippen LogP contribution in [0.1, 0.15) is 50.7 Å². The molecule has 1 aromatic rings. The minimum atomic E-state index is -2.17. The molecule has 1 aromatic carbocycles. The zero-order valence-electron chi connectivity index (χ0n) is 11.2. The summed E-state index contributed by atoms with van der Waals surface area (Å²) in [4.78, 5) is 0.362. The Bertz CT molecular complexity index is 389. The van der Waals surface area contributed by atoms with Gasteiger partial charge in [0, 0.05) is 10.6 Å². The summed E-state index contributed by atoms with van der Waals surface area (Å²) in [5.41, 5.74) is 8.87. The van der Waals surface area contributed by atoms with Crippen LogP contribution < -0.4 is 5.73 Å². The van der Waals surface area contributed by atoms with E-state index in [9.17, 15) is 8.76 Å². The summed E-state index contributed by atoms with van der Waals surface area (Å²) in [6.45, 7) is 4.23. The number of nitrogens with two attached hydrogens (primary N) is 1. The van der Waals surface area contributed by atoms with Gasteiger partial charge in [-0.1, -0.05) is 26.7 Å². The Balaban J connectivity index is 3.07. The van der Waals surface area contributed by atoms with Gasteiger partial charge in [-0.05, 0) is 60.0 Å². The highest BCUT2D eigenvalue weighted by atomic mass is 32.2. The fraction of sp³-hybridized carbons (Fsp3) is 0.571. The van der Waals surface area contributed by atoms with E-state index in [0.717, 1.165) is 55.3 Å². The summed E-state index contributed by atoms with van der Waals surface area (Å²) in [7, 11) is 0. The van der Waals surface area contributed by atoms with Crippen LogP contribution in [0.4, 0.5) is 5.69 Å². The van der Waals surface area contributed by atoms with Crippen molar-refractivity contribution in [2.75, 3.05) is 5.73 Å². The van der Waals surface area contributed by atoms with Gasteiger partial charge in [0.05, 0.1) is 0 Å². The van der Waals surface area contributed by atoms with Gasteiger partial charge in [0.1, 0.15) is 0 Å². The first-order valence-corrected chi connectivity index (χ1v) is 7.68. The lowest BCUT2D eigenvalue weighted by atomic mass is 9.99. The lowest BCUT2D eigenvalue weighted by Crippen LogP contribution is -2.03. The molecule has 2 N–H and O–H groups in total. The van der Waals surface area contributed by atoms with Crippen LogP contribution in [0.2, 0.25) is 0 Å². The maximum absolute atomic E-state index is 11.1. The minimum Gasteiger partial charge on any atom is -0.768 e. The molecule has 0 aliphatic carbocycles. The van der Waals surface area contributed by atoms with Gasteiger partial charge in [-0.15, -0.1) is 0 Å². The van der Waals surface area contributed by atoms with Gasteiger partial charge in [0.15, 0.2) is 0 Å². The second-order valence-corrected chi connectivity index (χ2v) is 5.54. The van der Waals surface area contributed by atoms with Crippen molar-refractivity contribution in [3.63, 3.8) is 0 Å². The summed E-state index contributed by atoms with van der Waals surface area (Å²) < 4.78 is 22.2. The minimum absolute atomic E-state index is 0.362. The van der Waals surface area contributed by atoms with E-state index in [4.69, 9.17) is 5.73 Å². The second kappa shape index (κ2) is 7.54. The van der Waals surface area contributed by atoms with Crippen LogP contribution in [0.3, 0.4) is 0 Å². The van der Waals surface area contributed by atoms with E-state index < -0.39 is 11.1 Å². The number of nitrogen functional groups attached to an aromatic ring is 1. The number of hydrogen-bond donors (Lipinski definition) is 1. The smallest absolute Gasteiger partial charge is 0.0379 e. The van der Waals surface area contributed by atoms with Gasteiger partial charge in [0.25, 0.3) is 0 Å². The monoisotopic (exact) mass is 268 g/mol. The Morgan fingerprint density at radius 2 is 1.56 bits per heavy atom. The molecule has 0 aromatic heterocycles. The van der Waals surface area contributed by atoms with Crippen LogP contribution >= 0.6 is 0 Å². The molecule has 0 spiro atoms. The number of rotatable bonds is 7. The molecule has 0 bridgehead atoms. The molecule has 4 heteroatoms. The molecular weight excluding hydrogens is 246 g/mol. The Morgan fingerprint density at radius 3 is 1.89 bits per heavy atom. The van der Waals surface area contributed by atoms with Crippen molar-refractivity contribution in [3.05, 3.63) is 23.3 Å². The zero-order valence-corrected chi connectivity index (χ0v) is 12.0. The number of hydrogen-bond acceptors (Lipinski definition) is 3. The van der Waals surface area contributed by atoms with Crippen molar-refractivity contribution in [3.8, 4) is 0 Å². The Kier molecular flexibility index (Phi) is 6.36. The zero-order chi connectivity index (χ0) is 13.5. The van der Waals surface area contributed by atoms with E-state index >= 15 is 0 Å². The van der Waals surface area contributed by atoms with Gasteiger partial charge in [-0.25, -0.2) is 0 Å². The average molecular weight is 268 g/mol. The Labute approximate surface area is 112 Å². The summed E-state index contributed by atoms with van der Waals surface area (Å²) >= 11 is -2.17. The molecule has 0 aliphatic rings. The standard InChI is InChI=1S/C14H23NO2S/c1-3-5-7-11-9-13(18(16)17)10-12(14(11)15)8-6-4-2/h9-10H,3-8,15H2,1-2H3,(H,16,17)/p-1. The van der Waals surface area contributed by atoms with E-state index in [1.54, 1.807) is 12.1 Å². The summed E-state index contributed by atoms with van der Waals surface area (Å²) in [5.74, 6) is 0. The first-order chi connectivity index (χ1) is 8.60. The maximum atomic E-state index is 11.1. The van der Waals surface area contributed by atoms with Gasteiger partial charge in [-0.2, -0.15) is 0 Å². The molecule has 0 aliphatic heterocycles. The summed E-state index contributed by atoms with van der Waals surface area (Å²) in [6, 6.07) is 3.42. The predicted molar refractivity (Wildman–Crippen MR) is 75.3 cm³/mol. The third-order valence-electron chi connectivity index (χ3n) is 3.12. The Hall–Kier alpha value is -0.870. The first-order valence-electron chi connectivity index (χ1n) is 6.60. The van der Waals surface area contributed by atoms with E-state index in [0.29, 0.717) is 4.90 Å².